The molecule has 0 saturated carbocycles. The molecule has 0 aromatic heterocycles. The highest BCUT2D eigenvalue weighted by atomic mass is 32.1. The van der Waals surface area contributed by atoms with Gasteiger partial charge in [0.15, 0.2) is 6.67 Å². The van der Waals surface area contributed by atoms with Crippen LogP contribution in [0, 0.1) is 0 Å². The summed E-state index contributed by atoms with van der Waals surface area (Å²) in [6.45, 7) is -4.12. The van der Waals surface area contributed by atoms with Gasteiger partial charge >= 0.3 is 59.2 Å². The monoisotopic (exact) mass is 594 g/mol. The van der Waals surface area contributed by atoms with E-state index < -0.39 is 71.0 Å². The van der Waals surface area contributed by atoms with Crippen molar-refractivity contribution in [3.8, 4) is 0 Å². The number of hydrogen-bond acceptors (Lipinski definition) is 1. The lowest BCUT2D eigenvalue weighted by molar-refractivity contribution is -0.467. The summed E-state index contributed by atoms with van der Waals surface area (Å²) in [4.78, 5) is 0. The third-order valence-electron chi connectivity index (χ3n) is 4.05. The molecule has 0 aliphatic rings. The van der Waals surface area contributed by atoms with Crippen LogP contribution >= 0.6 is 12.2 Å². The molecule has 0 bridgehead atoms. The zero-order valence-corrected chi connectivity index (χ0v) is 15.8. The summed E-state index contributed by atoms with van der Waals surface area (Å²) in [6, 6.07) is 0. The van der Waals surface area contributed by atoms with E-state index in [4.69, 9.17) is 5.11 Å². The van der Waals surface area contributed by atoms with Gasteiger partial charge in [-0.05, 0) is 12.2 Å². The minimum Gasteiger partial charge on any atom is -0.498 e. The van der Waals surface area contributed by atoms with Crippen LogP contribution in [-0.4, -0.2) is 76.1 Å². The van der Waals surface area contributed by atoms with Gasteiger partial charge in [0.25, 0.3) is 0 Å². The first-order chi connectivity index (χ1) is 14.8. The summed E-state index contributed by atoms with van der Waals surface area (Å²) in [5.41, 5.74) is 0. The van der Waals surface area contributed by atoms with E-state index in [0.29, 0.717) is 0 Å². The van der Waals surface area contributed by atoms with Crippen LogP contribution in [0.3, 0.4) is 0 Å². The fraction of sp³-hybridized carbons (Fsp3) is 0.917. The predicted octanol–water partition coefficient (Wildman–Crippen LogP) is 7.19. The summed E-state index contributed by atoms with van der Waals surface area (Å²) in [5.74, 6) is -84.8. The Hall–Kier alpha value is -1.58. The molecule has 0 aliphatic carbocycles. The van der Waals surface area contributed by atoms with Crippen LogP contribution in [0.5, 0.6) is 0 Å². The fourth-order valence-electron chi connectivity index (χ4n) is 1.83. The Bertz CT molecular complexity index is 813. The van der Waals surface area contributed by atoms with Crippen molar-refractivity contribution in [1.29, 1.82) is 0 Å². The van der Waals surface area contributed by atoms with Gasteiger partial charge in [-0.3, -0.25) is 0 Å². The van der Waals surface area contributed by atoms with Crippen LogP contribution < -0.4 is 0 Å². The average Bonchev–Trinajstić information content (AvgIpc) is 2.66. The molecule has 0 fully saturated rings. The first kappa shape index (κ1) is 33.4. The molecule has 0 aromatic rings. The Labute approximate surface area is 181 Å². The van der Waals surface area contributed by atoms with Gasteiger partial charge < -0.3 is 5.11 Å². The molecule has 0 unspecified atom stereocenters. The van der Waals surface area contributed by atoms with Crippen LogP contribution in [-0.2, 0) is 0 Å². The van der Waals surface area contributed by atoms with Crippen LogP contribution in [0.1, 0.15) is 0 Å². The maximum Gasteiger partial charge on any atom is 0.386 e. The maximum absolute atomic E-state index is 13.4. The third-order valence-corrected chi connectivity index (χ3v) is 4.31. The van der Waals surface area contributed by atoms with Crippen molar-refractivity contribution in [2.45, 2.75) is 59.2 Å². The summed E-state index contributed by atoms with van der Waals surface area (Å²) in [7, 11) is 0. The molecule has 1 nitrogen and oxygen atoms in total. The number of aliphatic hydroxyl groups excluding tert-OH is 1. The number of hydrogen-bond donors (Lipinski definition) is 1. The van der Waals surface area contributed by atoms with Crippen molar-refractivity contribution in [2.75, 3.05) is 6.67 Å². The maximum atomic E-state index is 13.4. The molecule has 0 atom stereocenters. The third kappa shape index (κ3) is 3.84. The van der Waals surface area contributed by atoms with Crippen LogP contribution in [0.2, 0.25) is 0 Å². The molecule has 23 heteroatoms. The van der Waals surface area contributed by atoms with E-state index in [1.165, 1.54) is 0 Å². The Kier molecular flexibility index (Phi) is 7.84. The van der Waals surface area contributed by atoms with Crippen LogP contribution in [0.15, 0.2) is 0 Å². The van der Waals surface area contributed by atoms with Crippen LogP contribution in [0.4, 0.5) is 92.2 Å². The molecule has 0 aromatic carbocycles. The molecular weight excluding hydrogens is 591 g/mol. The summed E-state index contributed by atoms with van der Waals surface area (Å²) < 4.78 is 275. The lowest BCUT2D eigenvalue weighted by atomic mass is 9.85. The second-order valence-electron chi connectivity index (χ2n) is 6.31. The van der Waals surface area contributed by atoms with Crippen molar-refractivity contribution in [2.24, 2.45) is 0 Å². The van der Waals surface area contributed by atoms with Crippen molar-refractivity contribution in [3.05, 3.63) is 0 Å². The van der Waals surface area contributed by atoms with Gasteiger partial charge in [-0.2, -0.15) is 87.8 Å². The van der Waals surface area contributed by atoms with Gasteiger partial charge in [-0.1, -0.05) is 0 Å². The fourth-order valence-corrected chi connectivity index (χ4v) is 1.96. The number of alkyl halides is 21. The van der Waals surface area contributed by atoms with Crippen molar-refractivity contribution >= 4 is 17.3 Å². The second kappa shape index (κ2) is 8.21. The van der Waals surface area contributed by atoms with Crippen molar-refractivity contribution in [1.82, 2.24) is 0 Å². The molecule has 0 radical (unpaired) electrons. The highest BCUT2D eigenvalue weighted by molar-refractivity contribution is 7.80. The highest BCUT2D eigenvalue weighted by Crippen LogP contribution is 2.66. The largest absolute Gasteiger partial charge is 0.498 e. The van der Waals surface area contributed by atoms with Gasteiger partial charge in [-0.25, -0.2) is 4.39 Å². The van der Waals surface area contributed by atoms with E-state index in [0.717, 1.165) is 0 Å². The average molecular weight is 594 g/mol. The smallest absolute Gasteiger partial charge is 0.386 e. The standard InChI is InChI=1S/C12H3F21OS/c13-1-3(14,15)5(18,19)7(22,23)9(26,27)11(30,31)12(32,33)10(28,29)8(24,25)6(20,21)4(16,17)2(34)35/h1H2,(H,34,35). The van der Waals surface area contributed by atoms with Gasteiger partial charge in [0, 0.05) is 0 Å². The van der Waals surface area contributed by atoms with E-state index in [9.17, 15) is 92.2 Å². The molecule has 0 saturated heterocycles. The van der Waals surface area contributed by atoms with Gasteiger partial charge in [0.1, 0.15) is 0 Å². The SMILES string of the molecule is OC(=S)C(F)(F)C(F)(F)C(F)(F)C(F)(F)C(F)(F)C(F)(F)C(F)(F)C(F)(F)C(F)(F)C(F)(F)CF. The minimum absolute atomic E-state index is 2.84. The molecule has 35 heavy (non-hydrogen) atoms. The molecular formula is C12H3F21OS. The molecule has 0 rings (SSSR count). The number of rotatable bonds is 11. The zero-order valence-electron chi connectivity index (χ0n) is 15.0. The predicted molar refractivity (Wildman–Crippen MR) is 70.7 cm³/mol. The highest BCUT2D eigenvalue weighted by Gasteiger charge is 2.97. The molecule has 210 valence electrons. The first-order valence-corrected chi connectivity index (χ1v) is 7.74. The number of aliphatic hydroxyl groups is 1. The number of thiocarbonyl (C=S) groups is 1. The Morgan fingerprint density at radius 2 is 0.629 bits per heavy atom. The first-order valence-electron chi connectivity index (χ1n) is 7.33. The normalized spacial score (nSPS) is 16.5. The molecule has 0 aliphatic heterocycles. The topological polar surface area (TPSA) is 20.2 Å². The Morgan fingerprint density at radius 3 is 0.829 bits per heavy atom. The van der Waals surface area contributed by atoms with Gasteiger partial charge in [-0.15, -0.1) is 0 Å². The van der Waals surface area contributed by atoms with E-state index in [-0.39, 0.29) is 0 Å². The van der Waals surface area contributed by atoms with E-state index in [1.807, 2.05) is 0 Å². The Balaban J connectivity index is 7.14. The number of halogens is 21. The summed E-state index contributed by atoms with van der Waals surface area (Å²) >= 11 is 2.84. The lowest BCUT2D eigenvalue weighted by Gasteiger charge is -2.44. The van der Waals surface area contributed by atoms with E-state index >= 15 is 0 Å². The Morgan fingerprint density at radius 1 is 0.429 bits per heavy atom. The van der Waals surface area contributed by atoms with Crippen molar-refractivity contribution in [3.63, 3.8) is 0 Å². The minimum atomic E-state index is -9.19. The summed E-state index contributed by atoms with van der Waals surface area (Å²) in [5, 5.41) is 4.31. The van der Waals surface area contributed by atoms with Crippen LogP contribution in [0.25, 0.3) is 0 Å². The lowest BCUT2D eigenvalue weighted by Crippen LogP contribution is -2.77. The summed E-state index contributed by atoms with van der Waals surface area (Å²) in [6.07, 6.45) is 0. The van der Waals surface area contributed by atoms with Crippen molar-refractivity contribution < 1.29 is 97.3 Å². The molecule has 1 N–H and O–H groups in total. The van der Waals surface area contributed by atoms with Gasteiger partial charge in [0.2, 0.25) is 5.05 Å². The van der Waals surface area contributed by atoms with E-state index in [2.05, 4.69) is 12.2 Å². The molecule has 0 spiro atoms. The zero-order chi connectivity index (χ0) is 29.3. The second-order valence-corrected chi connectivity index (χ2v) is 6.70. The molecule has 0 amide bonds. The quantitative estimate of drug-likeness (QED) is 0.202. The van der Waals surface area contributed by atoms with Gasteiger partial charge in [0.05, 0.1) is 0 Å². The molecule has 0 heterocycles. The van der Waals surface area contributed by atoms with E-state index in [1.54, 1.807) is 0 Å².